The van der Waals surface area contributed by atoms with E-state index in [1.54, 1.807) is 48.5 Å². The van der Waals surface area contributed by atoms with E-state index in [4.69, 9.17) is 38.4 Å². The molecular weight excluding hydrogens is 434 g/mol. The first kappa shape index (κ1) is 21.2. The van der Waals surface area contributed by atoms with Gasteiger partial charge < -0.3 is 14.6 Å². The van der Waals surface area contributed by atoms with Crippen molar-refractivity contribution in [1.82, 2.24) is 0 Å². The molecule has 1 heterocycles. The van der Waals surface area contributed by atoms with E-state index < -0.39 is 5.97 Å². The number of carbonyl (C=O) groups excluding carboxylic acids is 1. The van der Waals surface area contributed by atoms with Gasteiger partial charge in [-0.2, -0.15) is 0 Å². The van der Waals surface area contributed by atoms with Gasteiger partial charge in [0, 0.05) is 5.02 Å². The van der Waals surface area contributed by atoms with E-state index in [-0.39, 0.29) is 18.9 Å². The highest BCUT2D eigenvalue weighted by Crippen LogP contribution is 2.37. The summed E-state index contributed by atoms with van der Waals surface area (Å²) in [6.45, 7) is 0.0325. The lowest BCUT2D eigenvalue weighted by molar-refractivity contribution is -0.137. The maximum Gasteiger partial charge on any atom is 0.306 e. The number of amides is 1. The van der Waals surface area contributed by atoms with Gasteiger partial charge in [-0.3, -0.25) is 14.5 Å². The molecule has 0 bridgehead atoms. The molecule has 29 heavy (non-hydrogen) atoms. The Labute approximate surface area is 182 Å². The highest BCUT2D eigenvalue weighted by Gasteiger charge is 2.33. The SMILES string of the molecule is COc1cc(/C=C2/SC(=S)N(c3ccc(Cl)cc3)C2=O)ccc1OCCC(=O)O. The number of thioether (sulfide) groups is 1. The maximum absolute atomic E-state index is 12.8. The molecule has 1 N–H and O–H groups in total. The zero-order chi connectivity index (χ0) is 21.0. The number of nitrogens with zero attached hydrogens (tertiary/aromatic N) is 1. The highest BCUT2D eigenvalue weighted by atomic mass is 35.5. The van der Waals surface area contributed by atoms with Crippen molar-refractivity contribution >= 4 is 63.5 Å². The number of aliphatic carboxylic acids is 1. The van der Waals surface area contributed by atoms with Crippen molar-refractivity contribution in [2.75, 3.05) is 18.6 Å². The largest absolute Gasteiger partial charge is 0.493 e. The van der Waals surface area contributed by atoms with E-state index in [1.807, 2.05) is 0 Å². The monoisotopic (exact) mass is 449 g/mol. The predicted molar refractivity (Wildman–Crippen MR) is 118 cm³/mol. The number of hydrogen-bond acceptors (Lipinski definition) is 6. The standard InChI is InChI=1S/C20H16ClNO5S2/c1-26-16-10-12(2-7-15(16)27-9-8-18(23)24)11-17-19(25)22(20(28)29-17)14-5-3-13(21)4-6-14/h2-7,10-11H,8-9H2,1H3,(H,23,24)/b17-11+. The molecule has 150 valence electrons. The lowest BCUT2D eigenvalue weighted by atomic mass is 10.2. The third kappa shape index (κ3) is 5.09. The number of hydrogen-bond donors (Lipinski definition) is 1. The fourth-order valence-corrected chi connectivity index (χ4v) is 4.00. The smallest absolute Gasteiger partial charge is 0.306 e. The molecule has 6 nitrogen and oxygen atoms in total. The molecule has 0 atom stereocenters. The number of halogens is 1. The molecule has 1 aliphatic rings. The van der Waals surface area contributed by atoms with Crippen molar-refractivity contribution in [3.63, 3.8) is 0 Å². The summed E-state index contributed by atoms with van der Waals surface area (Å²) < 4.78 is 11.2. The van der Waals surface area contributed by atoms with Crippen LogP contribution in [-0.2, 0) is 9.59 Å². The quantitative estimate of drug-likeness (QED) is 0.488. The molecule has 2 aromatic carbocycles. The number of carboxylic acids is 1. The Morgan fingerprint density at radius 1 is 1.24 bits per heavy atom. The summed E-state index contributed by atoms with van der Waals surface area (Å²) in [7, 11) is 1.49. The number of ether oxygens (including phenoxy) is 2. The predicted octanol–water partition coefficient (Wildman–Crippen LogP) is 4.61. The average Bonchev–Trinajstić information content (AvgIpc) is 2.96. The van der Waals surface area contributed by atoms with Gasteiger partial charge in [0.15, 0.2) is 15.8 Å². The van der Waals surface area contributed by atoms with Crippen LogP contribution in [-0.4, -0.2) is 35.0 Å². The van der Waals surface area contributed by atoms with Gasteiger partial charge in [-0.25, -0.2) is 0 Å². The third-order valence-corrected chi connectivity index (χ3v) is 5.49. The van der Waals surface area contributed by atoms with E-state index >= 15 is 0 Å². The summed E-state index contributed by atoms with van der Waals surface area (Å²) in [5.41, 5.74) is 1.38. The zero-order valence-corrected chi connectivity index (χ0v) is 17.6. The Bertz CT molecular complexity index is 991. The topological polar surface area (TPSA) is 76.1 Å². The summed E-state index contributed by atoms with van der Waals surface area (Å²) >= 11 is 12.5. The van der Waals surface area contributed by atoms with Crippen molar-refractivity contribution < 1.29 is 24.2 Å². The van der Waals surface area contributed by atoms with Crippen molar-refractivity contribution in [3.8, 4) is 11.5 Å². The van der Waals surface area contributed by atoms with Crippen LogP contribution in [0.2, 0.25) is 5.02 Å². The van der Waals surface area contributed by atoms with Crippen LogP contribution in [0.25, 0.3) is 6.08 Å². The van der Waals surface area contributed by atoms with Gasteiger partial charge in [-0.05, 0) is 48.0 Å². The number of methoxy groups -OCH3 is 1. The van der Waals surface area contributed by atoms with Gasteiger partial charge in [-0.1, -0.05) is 41.6 Å². The first-order valence-electron chi connectivity index (χ1n) is 8.45. The van der Waals surface area contributed by atoms with E-state index in [9.17, 15) is 9.59 Å². The Morgan fingerprint density at radius 2 is 1.97 bits per heavy atom. The van der Waals surface area contributed by atoms with Gasteiger partial charge >= 0.3 is 5.97 Å². The molecule has 2 aromatic rings. The molecule has 0 aromatic heterocycles. The van der Waals surface area contributed by atoms with Crippen molar-refractivity contribution in [2.24, 2.45) is 0 Å². The Hall–Kier alpha value is -2.55. The fourth-order valence-electron chi connectivity index (χ4n) is 2.57. The molecule has 0 radical (unpaired) electrons. The molecule has 0 aliphatic carbocycles. The minimum atomic E-state index is -0.941. The number of rotatable bonds is 7. The second-order valence-electron chi connectivity index (χ2n) is 5.90. The number of carbonyl (C=O) groups is 2. The molecule has 1 aliphatic heterocycles. The van der Waals surface area contributed by atoms with E-state index in [1.165, 1.54) is 23.8 Å². The van der Waals surface area contributed by atoms with Crippen LogP contribution in [0.3, 0.4) is 0 Å². The maximum atomic E-state index is 12.8. The summed E-state index contributed by atoms with van der Waals surface area (Å²) in [6, 6.07) is 12.0. The Balaban J connectivity index is 1.80. The normalized spacial score (nSPS) is 15.1. The molecular formula is C20H16ClNO5S2. The molecule has 0 spiro atoms. The zero-order valence-electron chi connectivity index (χ0n) is 15.3. The van der Waals surface area contributed by atoms with Crippen molar-refractivity contribution in [3.05, 3.63) is 58.0 Å². The molecule has 0 unspecified atom stereocenters. The van der Waals surface area contributed by atoms with Gasteiger partial charge in [-0.15, -0.1) is 0 Å². The number of thiocarbonyl (C=S) groups is 1. The van der Waals surface area contributed by atoms with Gasteiger partial charge in [0.1, 0.15) is 0 Å². The Morgan fingerprint density at radius 3 is 2.62 bits per heavy atom. The minimum absolute atomic E-state index is 0.0325. The van der Waals surface area contributed by atoms with Gasteiger partial charge in [0.2, 0.25) is 0 Å². The van der Waals surface area contributed by atoms with Gasteiger partial charge in [0.25, 0.3) is 5.91 Å². The second-order valence-corrected chi connectivity index (χ2v) is 8.01. The fraction of sp³-hybridized carbons (Fsp3) is 0.150. The van der Waals surface area contributed by atoms with Crippen LogP contribution in [0.15, 0.2) is 47.4 Å². The van der Waals surface area contributed by atoms with E-state index in [0.29, 0.717) is 31.4 Å². The van der Waals surface area contributed by atoms with Crippen LogP contribution < -0.4 is 14.4 Å². The van der Waals surface area contributed by atoms with Crippen LogP contribution >= 0.6 is 35.6 Å². The molecule has 3 rings (SSSR count). The second kappa shape index (κ2) is 9.30. The third-order valence-electron chi connectivity index (χ3n) is 3.94. The van der Waals surface area contributed by atoms with Crippen LogP contribution in [0.4, 0.5) is 5.69 Å². The number of benzene rings is 2. The first-order valence-corrected chi connectivity index (χ1v) is 10.1. The van der Waals surface area contributed by atoms with Crippen LogP contribution in [0, 0.1) is 0 Å². The summed E-state index contributed by atoms with van der Waals surface area (Å²) in [5, 5.41) is 9.29. The molecule has 1 amide bonds. The lowest BCUT2D eigenvalue weighted by Crippen LogP contribution is -2.27. The van der Waals surface area contributed by atoms with E-state index in [2.05, 4.69) is 0 Å². The summed E-state index contributed by atoms with van der Waals surface area (Å²) in [5.74, 6) is -0.289. The Kier molecular flexibility index (Phi) is 6.79. The molecule has 0 saturated carbocycles. The summed E-state index contributed by atoms with van der Waals surface area (Å²) in [6.07, 6.45) is 1.61. The van der Waals surface area contributed by atoms with Crippen molar-refractivity contribution in [2.45, 2.75) is 6.42 Å². The number of anilines is 1. The summed E-state index contributed by atoms with van der Waals surface area (Å²) in [4.78, 5) is 25.4. The van der Waals surface area contributed by atoms with Crippen LogP contribution in [0.5, 0.6) is 11.5 Å². The van der Waals surface area contributed by atoms with Crippen LogP contribution in [0.1, 0.15) is 12.0 Å². The van der Waals surface area contributed by atoms with Gasteiger partial charge in [0.05, 0.1) is 30.7 Å². The molecule has 1 fully saturated rings. The first-order chi connectivity index (χ1) is 13.9. The average molecular weight is 450 g/mol. The molecule has 1 saturated heterocycles. The minimum Gasteiger partial charge on any atom is -0.493 e. The lowest BCUT2D eigenvalue weighted by Gasteiger charge is -2.14. The molecule has 9 heteroatoms. The number of carboxylic acid groups (broad SMARTS) is 1. The van der Waals surface area contributed by atoms with Crippen molar-refractivity contribution in [1.29, 1.82) is 0 Å². The highest BCUT2D eigenvalue weighted by molar-refractivity contribution is 8.27. The van der Waals surface area contributed by atoms with E-state index in [0.717, 1.165) is 5.56 Å².